The van der Waals surface area contributed by atoms with Gasteiger partial charge >= 0.3 is 0 Å². The highest BCUT2D eigenvalue weighted by atomic mass is 19.3. The van der Waals surface area contributed by atoms with E-state index in [0.29, 0.717) is 24.6 Å². The second-order valence-electron chi connectivity index (χ2n) is 6.71. The predicted octanol–water partition coefficient (Wildman–Crippen LogP) is 3.55. The fourth-order valence-corrected chi connectivity index (χ4v) is 2.95. The zero-order valence-electron chi connectivity index (χ0n) is 14.2. The van der Waals surface area contributed by atoms with E-state index >= 15 is 0 Å². The van der Waals surface area contributed by atoms with Crippen molar-refractivity contribution in [2.24, 2.45) is 5.92 Å². The molecule has 134 valence electrons. The maximum atomic E-state index is 13.6. The van der Waals surface area contributed by atoms with Crippen molar-refractivity contribution in [3.8, 4) is 5.95 Å². The summed E-state index contributed by atoms with van der Waals surface area (Å²) in [7, 11) is 0. The lowest BCUT2D eigenvalue weighted by molar-refractivity contribution is -0.127. The second kappa shape index (κ2) is 6.85. The monoisotopic (exact) mass is 349 g/mol. The summed E-state index contributed by atoms with van der Waals surface area (Å²) in [5.41, 5.74) is 0.761. The number of carbonyl (C=O) groups excluding carboxylic acids is 1. The Hall–Kier alpha value is -2.38. The highest BCUT2D eigenvalue weighted by molar-refractivity contribution is 5.92. The van der Waals surface area contributed by atoms with E-state index in [1.54, 1.807) is 24.5 Å². The van der Waals surface area contributed by atoms with Gasteiger partial charge in [0.1, 0.15) is 5.82 Å². The van der Waals surface area contributed by atoms with Gasteiger partial charge in [-0.2, -0.15) is 9.78 Å². The second-order valence-corrected chi connectivity index (χ2v) is 6.71. The molecule has 0 aliphatic heterocycles. The minimum Gasteiger partial charge on any atom is -0.310 e. The summed E-state index contributed by atoms with van der Waals surface area (Å²) in [6.07, 6.45) is 3.41. The molecule has 2 aromatic heterocycles. The van der Waals surface area contributed by atoms with Crippen molar-refractivity contribution in [1.29, 1.82) is 0 Å². The lowest BCUT2D eigenvalue weighted by Gasteiger charge is -2.27. The molecule has 8 heteroatoms. The standard InChI is InChI=1S/C17H21F2N5O/c1-11(2)13-9-14(24(23-13)16-20-7-4-8-21-16)22-15(25)12-5-3-6-17(18,19)10-12/h4,7-9,11-12H,3,5-6,10H2,1-2H3,(H,22,25). The molecule has 0 spiro atoms. The number of alkyl halides is 2. The number of hydrogen-bond donors (Lipinski definition) is 1. The van der Waals surface area contributed by atoms with Crippen LogP contribution in [0.3, 0.4) is 0 Å². The number of rotatable bonds is 4. The minimum atomic E-state index is -2.77. The SMILES string of the molecule is CC(C)c1cc(NC(=O)C2CCCC(F)(F)C2)n(-c2ncccn2)n1. The van der Waals surface area contributed by atoms with Gasteiger partial charge in [0.15, 0.2) is 0 Å². The maximum Gasteiger partial charge on any atom is 0.252 e. The van der Waals surface area contributed by atoms with Crippen molar-refractivity contribution in [2.75, 3.05) is 5.32 Å². The average Bonchev–Trinajstić information content (AvgIpc) is 2.99. The normalized spacial score (nSPS) is 19.8. The molecule has 6 nitrogen and oxygen atoms in total. The molecule has 2 heterocycles. The van der Waals surface area contributed by atoms with Crippen LogP contribution in [0.4, 0.5) is 14.6 Å². The highest BCUT2D eigenvalue weighted by Gasteiger charge is 2.39. The number of nitrogens with one attached hydrogen (secondary N) is 1. The number of halogens is 2. The number of nitrogens with zero attached hydrogens (tertiary/aromatic N) is 4. The molecule has 2 aromatic rings. The number of carbonyl (C=O) groups is 1. The highest BCUT2D eigenvalue weighted by Crippen LogP contribution is 2.37. The Balaban J connectivity index is 1.85. The third kappa shape index (κ3) is 4.00. The lowest BCUT2D eigenvalue weighted by Crippen LogP contribution is -2.34. The van der Waals surface area contributed by atoms with Crippen molar-refractivity contribution in [2.45, 2.75) is 51.4 Å². The fourth-order valence-electron chi connectivity index (χ4n) is 2.95. The number of anilines is 1. The Morgan fingerprint density at radius 3 is 2.72 bits per heavy atom. The van der Waals surface area contributed by atoms with Crippen LogP contribution in [0.2, 0.25) is 0 Å². The van der Waals surface area contributed by atoms with Crippen LogP contribution < -0.4 is 5.32 Å². The first-order valence-electron chi connectivity index (χ1n) is 8.42. The smallest absolute Gasteiger partial charge is 0.252 e. The van der Waals surface area contributed by atoms with Crippen LogP contribution >= 0.6 is 0 Å². The molecular formula is C17H21F2N5O. The van der Waals surface area contributed by atoms with E-state index < -0.39 is 24.2 Å². The molecule has 3 rings (SSSR count). The van der Waals surface area contributed by atoms with Gasteiger partial charge in [0.2, 0.25) is 11.8 Å². The van der Waals surface area contributed by atoms with E-state index in [9.17, 15) is 13.6 Å². The third-order valence-corrected chi connectivity index (χ3v) is 4.32. The average molecular weight is 349 g/mol. The van der Waals surface area contributed by atoms with Gasteiger partial charge in [0, 0.05) is 37.2 Å². The van der Waals surface area contributed by atoms with Gasteiger partial charge in [0.05, 0.1) is 5.69 Å². The molecule has 1 atom stereocenters. The molecule has 0 saturated heterocycles. The molecule has 1 unspecified atom stereocenters. The van der Waals surface area contributed by atoms with Crippen LogP contribution in [0, 0.1) is 5.92 Å². The van der Waals surface area contributed by atoms with Crippen LogP contribution in [0.5, 0.6) is 0 Å². The van der Waals surface area contributed by atoms with E-state index in [1.807, 2.05) is 13.8 Å². The maximum absolute atomic E-state index is 13.6. The molecule has 0 radical (unpaired) electrons. The van der Waals surface area contributed by atoms with E-state index in [2.05, 4.69) is 20.4 Å². The van der Waals surface area contributed by atoms with Gasteiger partial charge in [0.25, 0.3) is 5.95 Å². The first kappa shape index (κ1) is 17.4. The van der Waals surface area contributed by atoms with E-state index in [4.69, 9.17) is 0 Å². The molecule has 1 fully saturated rings. The molecule has 1 aliphatic carbocycles. The van der Waals surface area contributed by atoms with Gasteiger partial charge in [-0.15, -0.1) is 0 Å². The van der Waals surface area contributed by atoms with Crippen LogP contribution in [-0.4, -0.2) is 31.6 Å². The molecule has 0 bridgehead atoms. The van der Waals surface area contributed by atoms with Gasteiger partial charge in [-0.3, -0.25) is 4.79 Å². The van der Waals surface area contributed by atoms with E-state index in [0.717, 1.165) is 5.69 Å². The quantitative estimate of drug-likeness (QED) is 0.916. The van der Waals surface area contributed by atoms with Crippen molar-refractivity contribution >= 4 is 11.7 Å². The Kier molecular flexibility index (Phi) is 4.78. The molecule has 1 amide bonds. The Labute approximate surface area is 144 Å². The zero-order valence-corrected chi connectivity index (χ0v) is 14.2. The summed E-state index contributed by atoms with van der Waals surface area (Å²) >= 11 is 0. The summed E-state index contributed by atoms with van der Waals surface area (Å²) in [6.45, 7) is 3.96. The molecule has 1 N–H and O–H groups in total. The summed E-state index contributed by atoms with van der Waals surface area (Å²) in [5, 5.41) is 7.18. The molecule has 1 saturated carbocycles. The third-order valence-electron chi connectivity index (χ3n) is 4.32. The van der Waals surface area contributed by atoms with Gasteiger partial charge in [-0.25, -0.2) is 18.7 Å². The minimum absolute atomic E-state index is 0.139. The van der Waals surface area contributed by atoms with Crippen molar-refractivity contribution < 1.29 is 13.6 Å². The first-order valence-corrected chi connectivity index (χ1v) is 8.42. The van der Waals surface area contributed by atoms with Gasteiger partial charge < -0.3 is 5.32 Å². The first-order chi connectivity index (χ1) is 11.9. The summed E-state index contributed by atoms with van der Waals surface area (Å²) in [6, 6.07) is 3.42. The predicted molar refractivity (Wildman–Crippen MR) is 88.8 cm³/mol. The Bertz CT molecular complexity index is 745. The summed E-state index contributed by atoms with van der Waals surface area (Å²) < 4.78 is 28.6. The molecular weight excluding hydrogens is 328 g/mol. The van der Waals surface area contributed by atoms with E-state index in [-0.39, 0.29) is 12.3 Å². The fraction of sp³-hybridized carbons (Fsp3) is 0.529. The number of amides is 1. The lowest BCUT2D eigenvalue weighted by atomic mass is 9.86. The van der Waals surface area contributed by atoms with Crippen LogP contribution in [0.25, 0.3) is 5.95 Å². The van der Waals surface area contributed by atoms with Crippen molar-refractivity contribution in [1.82, 2.24) is 19.7 Å². The summed E-state index contributed by atoms with van der Waals surface area (Å²) in [5.74, 6) is -3.03. The van der Waals surface area contributed by atoms with E-state index in [1.165, 1.54) is 4.68 Å². The zero-order chi connectivity index (χ0) is 18.0. The largest absolute Gasteiger partial charge is 0.310 e. The Morgan fingerprint density at radius 1 is 1.36 bits per heavy atom. The number of aromatic nitrogens is 4. The van der Waals surface area contributed by atoms with Crippen molar-refractivity contribution in [3.05, 3.63) is 30.2 Å². The van der Waals surface area contributed by atoms with Crippen LogP contribution in [-0.2, 0) is 4.79 Å². The number of hydrogen-bond acceptors (Lipinski definition) is 4. The topological polar surface area (TPSA) is 72.7 Å². The molecule has 0 aromatic carbocycles. The van der Waals surface area contributed by atoms with Crippen molar-refractivity contribution in [3.63, 3.8) is 0 Å². The summed E-state index contributed by atoms with van der Waals surface area (Å²) in [4.78, 5) is 20.8. The van der Waals surface area contributed by atoms with Crippen LogP contribution in [0.1, 0.15) is 51.1 Å². The molecule has 25 heavy (non-hydrogen) atoms. The van der Waals surface area contributed by atoms with Gasteiger partial charge in [-0.05, 0) is 24.8 Å². The van der Waals surface area contributed by atoms with Gasteiger partial charge in [-0.1, -0.05) is 13.8 Å². The Morgan fingerprint density at radius 2 is 2.08 bits per heavy atom. The van der Waals surface area contributed by atoms with Crippen LogP contribution in [0.15, 0.2) is 24.5 Å². The molecule has 1 aliphatic rings.